The molecule has 19 heavy (non-hydrogen) atoms. The lowest BCUT2D eigenvalue weighted by molar-refractivity contribution is -0.385. The highest BCUT2D eigenvalue weighted by molar-refractivity contribution is 5.64. The first-order valence-electron chi connectivity index (χ1n) is 6.30. The Morgan fingerprint density at radius 2 is 2.16 bits per heavy atom. The van der Waals surface area contributed by atoms with E-state index in [0.717, 1.165) is 30.4 Å². The predicted molar refractivity (Wildman–Crippen MR) is 69.3 cm³/mol. The van der Waals surface area contributed by atoms with E-state index in [9.17, 15) is 14.9 Å². The summed E-state index contributed by atoms with van der Waals surface area (Å²) in [4.78, 5) is 21.1. The Labute approximate surface area is 110 Å². The first-order chi connectivity index (χ1) is 9.08. The zero-order chi connectivity index (χ0) is 13.8. The highest BCUT2D eigenvalue weighted by Gasteiger charge is 2.22. The lowest BCUT2D eigenvalue weighted by Gasteiger charge is -2.12. The van der Waals surface area contributed by atoms with E-state index in [4.69, 9.17) is 5.11 Å². The van der Waals surface area contributed by atoms with E-state index in [-0.39, 0.29) is 16.5 Å². The number of carbonyl (C=O) groups is 1. The summed E-state index contributed by atoms with van der Waals surface area (Å²) in [6.45, 7) is 0.414. The molecule has 2 rings (SSSR count). The normalized spacial score (nSPS) is 18.2. The van der Waals surface area contributed by atoms with Gasteiger partial charge in [0.15, 0.2) is 0 Å². The smallest absolute Gasteiger partial charge is 0.404 e. The molecule has 1 aliphatic carbocycles. The van der Waals surface area contributed by atoms with Crippen molar-refractivity contribution in [2.45, 2.75) is 25.7 Å². The molecule has 1 aromatic rings. The molecule has 0 bridgehead atoms. The zero-order valence-corrected chi connectivity index (χ0v) is 10.5. The summed E-state index contributed by atoms with van der Waals surface area (Å²) in [6.07, 6.45) is 2.02. The monoisotopic (exact) mass is 264 g/mol. The Kier molecular flexibility index (Phi) is 3.99. The summed E-state index contributed by atoms with van der Waals surface area (Å²) < 4.78 is 0. The molecule has 6 nitrogen and oxygen atoms in total. The molecule has 1 unspecified atom stereocenters. The molecule has 1 amide bonds. The topological polar surface area (TPSA) is 92.5 Å². The van der Waals surface area contributed by atoms with Crippen LogP contribution in [-0.4, -0.2) is 22.7 Å². The van der Waals surface area contributed by atoms with Crippen LogP contribution in [-0.2, 0) is 12.8 Å². The van der Waals surface area contributed by atoms with E-state index < -0.39 is 6.09 Å². The van der Waals surface area contributed by atoms with E-state index in [1.165, 1.54) is 6.07 Å². The van der Waals surface area contributed by atoms with E-state index >= 15 is 0 Å². The van der Waals surface area contributed by atoms with Gasteiger partial charge >= 0.3 is 6.09 Å². The van der Waals surface area contributed by atoms with Crippen LogP contribution in [0.1, 0.15) is 24.0 Å². The van der Waals surface area contributed by atoms with Crippen molar-refractivity contribution in [3.05, 3.63) is 39.4 Å². The molecule has 0 heterocycles. The van der Waals surface area contributed by atoms with Gasteiger partial charge in [-0.05, 0) is 37.2 Å². The van der Waals surface area contributed by atoms with E-state index in [1.807, 2.05) is 6.07 Å². The van der Waals surface area contributed by atoms with Gasteiger partial charge in [0, 0.05) is 18.2 Å². The second-order valence-corrected chi connectivity index (χ2v) is 4.80. The Balaban J connectivity index is 2.11. The minimum absolute atomic E-state index is 0.185. The van der Waals surface area contributed by atoms with Gasteiger partial charge in [-0.2, -0.15) is 0 Å². The molecule has 0 saturated heterocycles. The largest absolute Gasteiger partial charge is 0.465 e. The highest BCUT2D eigenvalue weighted by Crippen LogP contribution is 2.30. The third-order valence-electron chi connectivity index (χ3n) is 3.61. The van der Waals surface area contributed by atoms with Crippen LogP contribution in [0.15, 0.2) is 18.2 Å². The maximum absolute atomic E-state index is 11.0. The van der Waals surface area contributed by atoms with Crippen LogP contribution >= 0.6 is 0 Å². The number of hydrogen-bond donors (Lipinski definition) is 2. The molecule has 0 saturated carbocycles. The number of amides is 1. The Bertz CT molecular complexity index is 501. The molecule has 1 aliphatic rings. The van der Waals surface area contributed by atoms with Crippen molar-refractivity contribution in [2.75, 3.05) is 6.54 Å². The maximum atomic E-state index is 11.0. The van der Waals surface area contributed by atoms with Crippen molar-refractivity contribution < 1.29 is 14.8 Å². The molecular formula is C13H16N2O4. The van der Waals surface area contributed by atoms with Gasteiger partial charge in [0.05, 0.1) is 4.92 Å². The Hall–Kier alpha value is -2.11. The van der Waals surface area contributed by atoms with Gasteiger partial charge in [-0.15, -0.1) is 0 Å². The third kappa shape index (κ3) is 3.21. The number of nitrogens with zero attached hydrogens (tertiary/aromatic N) is 1. The van der Waals surface area contributed by atoms with Gasteiger partial charge in [0.2, 0.25) is 0 Å². The second kappa shape index (κ2) is 5.69. The van der Waals surface area contributed by atoms with E-state index in [0.29, 0.717) is 13.0 Å². The number of rotatable bonds is 3. The number of nitro groups is 1. The molecule has 0 aliphatic heterocycles. The summed E-state index contributed by atoms with van der Waals surface area (Å²) in [5.74, 6) is 0.239. The number of nitro benzene ring substituents is 1. The summed E-state index contributed by atoms with van der Waals surface area (Å²) in [5.41, 5.74) is 2.02. The van der Waals surface area contributed by atoms with Crippen molar-refractivity contribution in [3.63, 3.8) is 0 Å². The predicted octanol–water partition coefficient (Wildman–Crippen LogP) is 2.36. The minimum Gasteiger partial charge on any atom is -0.465 e. The molecule has 2 N–H and O–H groups in total. The highest BCUT2D eigenvalue weighted by atomic mass is 16.6. The first-order valence-corrected chi connectivity index (χ1v) is 6.30. The summed E-state index contributed by atoms with van der Waals surface area (Å²) in [7, 11) is 0. The average molecular weight is 264 g/mol. The Morgan fingerprint density at radius 3 is 2.84 bits per heavy atom. The SMILES string of the molecule is O=C(O)NCC1CCc2cccc([N+](=O)[O-])c2CC1. The molecule has 6 heteroatoms. The van der Waals surface area contributed by atoms with Crippen molar-refractivity contribution in [2.24, 2.45) is 5.92 Å². The molecule has 0 fully saturated rings. The van der Waals surface area contributed by atoms with Crippen LogP contribution in [0.2, 0.25) is 0 Å². The Morgan fingerprint density at radius 1 is 1.42 bits per heavy atom. The van der Waals surface area contributed by atoms with Crippen LogP contribution in [0.3, 0.4) is 0 Å². The number of benzene rings is 1. The van der Waals surface area contributed by atoms with Gasteiger partial charge in [-0.25, -0.2) is 4.79 Å². The average Bonchev–Trinajstić information content (AvgIpc) is 2.58. The molecular weight excluding hydrogens is 248 g/mol. The number of nitrogens with one attached hydrogen (secondary N) is 1. The van der Waals surface area contributed by atoms with Crippen LogP contribution in [0, 0.1) is 16.0 Å². The van der Waals surface area contributed by atoms with Crippen LogP contribution in [0.25, 0.3) is 0 Å². The quantitative estimate of drug-likeness (QED) is 0.498. The zero-order valence-electron chi connectivity index (χ0n) is 10.5. The molecule has 1 atom stereocenters. The number of carboxylic acid groups (broad SMARTS) is 1. The van der Waals surface area contributed by atoms with Crippen LogP contribution in [0.4, 0.5) is 10.5 Å². The standard InChI is InChI=1S/C13H16N2O4/c16-13(17)14-8-9-4-6-10-2-1-3-12(15(18)19)11(10)7-5-9/h1-3,9,14H,4-8H2,(H,16,17). The third-order valence-corrected chi connectivity index (χ3v) is 3.61. The number of hydrogen-bond acceptors (Lipinski definition) is 3. The molecule has 0 spiro atoms. The van der Waals surface area contributed by atoms with Crippen LogP contribution < -0.4 is 5.32 Å². The van der Waals surface area contributed by atoms with Gasteiger partial charge in [0.1, 0.15) is 0 Å². The van der Waals surface area contributed by atoms with Crippen molar-refractivity contribution in [1.29, 1.82) is 0 Å². The second-order valence-electron chi connectivity index (χ2n) is 4.80. The maximum Gasteiger partial charge on any atom is 0.404 e. The summed E-state index contributed by atoms with van der Waals surface area (Å²) in [6, 6.07) is 5.18. The van der Waals surface area contributed by atoms with Crippen molar-refractivity contribution in [3.8, 4) is 0 Å². The van der Waals surface area contributed by atoms with Crippen molar-refractivity contribution in [1.82, 2.24) is 5.32 Å². The van der Waals surface area contributed by atoms with E-state index in [2.05, 4.69) is 5.32 Å². The minimum atomic E-state index is -1.02. The van der Waals surface area contributed by atoms with Gasteiger partial charge in [-0.1, -0.05) is 12.1 Å². The molecule has 0 aromatic heterocycles. The van der Waals surface area contributed by atoms with Crippen molar-refractivity contribution >= 4 is 11.8 Å². The summed E-state index contributed by atoms with van der Waals surface area (Å²) >= 11 is 0. The van der Waals surface area contributed by atoms with Gasteiger partial charge < -0.3 is 10.4 Å². The van der Waals surface area contributed by atoms with E-state index in [1.54, 1.807) is 6.07 Å². The number of fused-ring (bicyclic) bond motifs is 1. The lowest BCUT2D eigenvalue weighted by Crippen LogP contribution is -2.27. The number of aryl methyl sites for hydroxylation is 1. The van der Waals surface area contributed by atoms with Gasteiger partial charge in [0.25, 0.3) is 5.69 Å². The molecule has 102 valence electrons. The fourth-order valence-corrected chi connectivity index (χ4v) is 2.60. The summed E-state index contributed by atoms with van der Waals surface area (Å²) in [5, 5.41) is 22.0. The molecule has 1 aromatic carbocycles. The van der Waals surface area contributed by atoms with Crippen LogP contribution in [0.5, 0.6) is 0 Å². The fraction of sp³-hybridized carbons (Fsp3) is 0.462. The lowest BCUT2D eigenvalue weighted by atomic mass is 10.00. The van der Waals surface area contributed by atoms with Gasteiger partial charge in [-0.3, -0.25) is 10.1 Å². The molecule has 0 radical (unpaired) electrons. The fourth-order valence-electron chi connectivity index (χ4n) is 2.60. The first kappa shape index (κ1) is 13.3.